The molecule has 0 aliphatic heterocycles. The van der Waals surface area contributed by atoms with Gasteiger partial charge < -0.3 is 4.98 Å². The summed E-state index contributed by atoms with van der Waals surface area (Å²) in [4.78, 5) is 7.75. The number of hydrogen-bond acceptors (Lipinski definition) is 1. The van der Waals surface area contributed by atoms with Gasteiger partial charge in [0.2, 0.25) is 0 Å². The Hall–Kier alpha value is -0.730. The third-order valence-corrected chi connectivity index (χ3v) is 3.34. The van der Waals surface area contributed by atoms with Crippen LogP contribution in [0.5, 0.6) is 0 Å². The summed E-state index contributed by atoms with van der Waals surface area (Å²) in [5, 5.41) is 1.11. The van der Waals surface area contributed by atoms with Gasteiger partial charge in [-0.3, -0.25) is 0 Å². The molecule has 1 aromatic carbocycles. The first-order valence-corrected chi connectivity index (χ1v) is 5.72. The number of nitrogens with one attached hydrogen (secondary N) is 1. The molecule has 0 saturated heterocycles. The Morgan fingerprint density at radius 1 is 1.33 bits per heavy atom. The van der Waals surface area contributed by atoms with Crippen LogP contribution in [0.4, 0.5) is 0 Å². The van der Waals surface area contributed by atoms with Gasteiger partial charge in [-0.05, 0) is 18.6 Å². The monoisotopic (exact) mass is 242 g/mol. The number of benzene rings is 1. The molecule has 80 valence electrons. The average molecular weight is 243 g/mol. The lowest BCUT2D eigenvalue weighted by molar-refractivity contribution is 0.692. The normalized spacial score (nSPS) is 13.3. The van der Waals surface area contributed by atoms with Gasteiger partial charge in [0.05, 0.1) is 21.1 Å². The summed E-state index contributed by atoms with van der Waals surface area (Å²) >= 11 is 11.9. The Bertz CT molecular complexity index is 452. The van der Waals surface area contributed by atoms with E-state index in [9.17, 15) is 0 Å². The van der Waals surface area contributed by atoms with Gasteiger partial charge in [0.25, 0.3) is 0 Å². The van der Waals surface area contributed by atoms with Crippen LogP contribution in [0.2, 0.25) is 10.0 Å². The maximum absolute atomic E-state index is 5.93. The molecular formula is C11H12Cl2N2. The summed E-state index contributed by atoms with van der Waals surface area (Å²) in [5.41, 5.74) is 1.82. The molecule has 1 heterocycles. The minimum absolute atomic E-state index is 0.426. The molecule has 1 unspecified atom stereocenters. The SMILES string of the molecule is CCC(C)c1nc2cc(Cl)c(Cl)cc2[nH]1. The second-order valence-electron chi connectivity index (χ2n) is 3.71. The Balaban J connectivity index is 2.56. The molecule has 1 N–H and O–H groups in total. The van der Waals surface area contributed by atoms with E-state index in [0.717, 1.165) is 23.3 Å². The van der Waals surface area contributed by atoms with E-state index >= 15 is 0 Å². The quantitative estimate of drug-likeness (QED) is 0.832. The van der Waals surface area contributed by atoms with E-state index < -0.39 is 0 Å². The van der Waals surface area contributed by atoms with Gasteiger partial charge in [0.1, 0.15) is 5.82 Å². The van der Waals surface area contributed by atoms with E-state index in [4.69, 9.17) is 23.2 Å². The van der Waals surface area contributed by atoms with Crippen molar-refractivity contribution in [2.45, 2.75) is 26.2 Å². The van der Waals surface area contributed by atoms with Gasteiger partial charge >= 0.3 is 0 Å². The smallest absolute Gasteiger partial charge is 0.110 e. The van der Waals surface area contributed by atoms with Crippen molar-refractivity contribution in [3.63, 3.8) is 0 Å². The molecule has 0 bridgehead atoms. The molecule has 0 radical (unpaired) electrons. The van der Waals surface area contributed by atoms with E-state index in [2.05, 4.69) is 23.8 Å². The number of rotatable bonds is 2. The van der Waals surface area contributed by atoms with Crippen LogP contribution in [-0.2, 0) is 0 Å². The molecule has 2 rings (SSSR count). The fourth-order valence-corrected chi connectivity index (χ4v) is 1.77. The largest absolute Gasteiger partial charge is 0.342 e. The lowest BCUT2D eigenvalue weighted by Crippen LogP contribution is -1.92. The molecule has 15 heavy (non-hydrogen) atoms. The number of halogens is 2. The topological polar surface area (TPSA) is 28.7 Å². The molecule has 0 aliphatic carbocycles. The highest BCUT2D eigenvalue weighted by atomic mass is 35.5. The van der Waals surface area contributed by atoms with Crippen LogP contribution in [0, 0.1) is 0 Å². The molecule has 0 spiro atoms. The van der Waals surface area contributed by atoms with Crippen molar-refractivity contribution in [1.82, 2.24) is 9.97 Å². The zero-order chi connectivity index (χ0) is 11.0. The average Bonchev–Trinajstić information content (AvgIpc) is 2.60. The highest BCUT2D eigenvalue weighted by molar-refractivity contribution is 6.42. The number of aromatic nitrogens is 2. The maximum Gasteiger partial charge on any atom is 0.110 e. The van der Waals surface area contributed by atoms with Crippen molar-refractivity contribution in [3.8, 4) is 0 Å². The molecule has 2 nitrogen and oxygen atoms in total. The molecular weight excluding hydrogens is 231 g/mol. The van der Waals surface area contributed by atoms with Crippen LogP contribution in [0.3, 0.4) is 0 Å². The standard InChI is InChI=1S/C11H12Cl2N2/c1-3-6(2)11-14-9-4-7(12)8(13)5-10(9)15-11/h4-6H,3H2,1-2H3,(H,14,15). The first kappa shape index (κ1) is 10.8. The summed E-state index contributed by atoms with van der Waals surface area (Å²) < 4.78 is 0. The molecule has 4 heteroatoms. The van der Waals surface area contributed by atoms with E-state index in [0.29, 0.717) is 16.0 Å². The Labute approximate surface area is 98.6 Å². The van der Waals surface area contributed by atoms with Crippen molar-refractivity contribution in [2.75, 3.05) is 0 Å². The lowest BCUT2D eigenvalue weighted by atomic mass is 10.1. The first-order chi connectivity index (χ1) is 7.11. The fourth-order valence-electron chi connectivity index (χ4n) is 1.45. The van der Waals surface area contributed by atoms with Crippen molar-refractivity contribution in [1.29, 1.82) is 0 Å². The number of imidazole rings is 1. The van der Waals surface area contributed by atoms with Crippen LogP contribution in [0.1, 0.15) is 32.0 Å². The van der Waals surface area contributed by atoms with Crippen LogP contribution < -0.4 is 0 Å². The predicted octanol–water partition coefficient (Wildman–Crippen LogP) is 4.38. The molecule has 1 atom stereocenters. The summed E-state index contributed by atoms with van der Waals surface area (Å²) in [6.45, 7) is 4.28. The zero-order valence-electron chi connectivity index (χ0n) is 8.64. The minimum Gasteiger partial charge on any atom is -0.342 e. The molecule has 0 amide bonds. The highest BCUT2D eigenvalue weighted by Gasteiger charge is 2.10. The van der Waals surface area contributed by atoms with Crippen molar-refractivity contribution < 1.29 is 0 Å². The van der Waals surface area contributed by atoms with Crippen molar-refractivity contribution in [3.05, 3.63) is 28.0 Å². The zero-order valence-corrected chi connectivity index (χ0v) is 10.2. The summed E-state index contributed by atoms with van der Waals surface area (Å²) in [5.74, 6) is 1.42. The van der Waals surface area contributed by atoms with Gasteiger partial charge in [-0.2, -0.15) is 0 Å². The third-order valence-electron chi connectivity index (χ3n) is 2.62. The van der Waals surface area contributed by atoms with Gasteiger partial charge in [0, 0.05) is 5.92 Å². The number of H-pyrrole nitrogens is 1. The Kier molecular flexibility index (Phi) is 2.89. The fraction of sp³-hybridized carbons (Fsp3) is 0.364. The van der Waals surface area contributed by atoms with E-state index in [1.54, 1.807) is 6.07 Å². The highest BCUT2D eigenvalue weighted by Crippen LogP contribution is 2.28. The van der Waals surface area contributed by atoms with Gasteiger partial charge in [-0.15, -0.1) is 0 Å². The second kappa shape index (κ2) is 4.03. The Morgan fingerprint density at radius 3 is 2.67 bits per heavy atom. The number of aromatic amines is 1. The van der Waals surface area contributed by atoms with Crippen LogP contribution >= 0.6 is 23.2 Å². The van der Waals surface area contributed by atoms with E-state index in [-0.39, 0.29) is 0 Å². The van der Waals surface area contributed by atoms with Gasteiger partial charge in [-0.1, -0.05) is 37.0 Å². The van der Waals surface area contributed by atoms with E-state index in [1.165, 1.54) is 0 Å². The van der Waals surface area contributed by atoms with Gasteiger partial charge in [-0.25, -0.2) is 4.98 Å². The number of hydrogen-bond donors (Lipinski definition) is 1. The predicted molar refractivity (Wildman–Crippen MR) is 64.8 cm³/mol. The molecule has 2 aromatic rings. The summed E-state index contributed by atoms with van der Waals surface area (Å²) in [6, 6.07) is 3.61. The summed E-state index contributed by atoms with van der Waals surface area (Å²) in [6.07, 6.45) is 1.06. The van der Waals surface area contributed by atoms with Crippen LogP contribution in [-0.4, -0.2) is 9.97 Å². The van der Waals surface area contributed by atoms with Crippen molar-refractivity contribution >= 4 is 34.2 Å². The Morgan fingerprint density at radius 2 is 2.00 bits per heavy atom. The molecule has 0 fully saturated rings. The lowest BCUT2D eigenvalue weighted by Gasteiger charge is -2.01. The van der Waals surface area contributed by atoms with Crippen molar-refractivity contribution in [2.24, 2.45) is 0 Å². The molecule has 0 aliphatic rings. The summed E-state index contributed by atoms with van der Waals surface area (Å²) in [7, 11) is 0. The first-order valence-electron chi connectivity index (χ1n) is 4.96. The maximum atomic E-state index is 5.93. The van der Waals surface area contributed by atoms with Crippen LogP contribution in [0.25, 0.3) is 11.0 Å². The van der Waals surface area contributed by atoms with E-state index in [1.807, 2.05) is 6.07 Å². The van der Waals surface area contributed by atoms with Crippen LogP contribution in [0.15, 0.2) is 12.1 Å². The number of fused-ring (bicyclic) bond motifs is 1. The van der Waals surface area contributed by atoms with Gasteiger partial charge in [0.15, 0.2) is 0 Å². The molecule has 0 saturated carbocycles. The second-order valence-corrected chi connectivity index (χ2v) is 4.53. The minimum atomic E-state index is 0.426. The third kappa shape index (κ3) is 1.97. The molecule has 1 aromatic heterocycles. The number of nitrogens with zero attached hydrogens (tertiary/aromatic N) is 1.